The highest BCUT2D eigenvalue weighted by Gasteiger charge is 2.06. The lowest BCUT2D eigenvalue weighted by Crippen LogP contribution is -1.87. The lowest BCUT2D eigenvalue weighted by atomic mass is 10.2. The number of hydrogen-bond acceptors (Lipinski definition) is 4. The maximum Gasteiger partial charge on any atom is 0.169 e. The minimum absolute atomic E-state index is 0.465. The molecule has 8 heteroatoms. The molecule has 1 atom stereocenters. The van der Waals surface area contributed by atoms with E-state index in [2.05, 4.69) is 15.0 Å². The van der Waals surface area contributed by atoms with Gasteiger partial charge in [-0.15, -0.1) is 0 Å². The van der Waals surface area contributed by atoms with Gasteiger partial charge in [0.15, 0.2) is 22.8 Å². The van der Waals surface area contributed by atoms with E-state index in [0.717, 1.165) is 0 Å². The summed E-state index contributed by atoms with van der Waals surface area (Å²) in [6.07, 6.45) is -21.5. The number of nitrogens with zero attached hydrogens (tertiary/aromatic N) is 2. The highest BCUT2D eigenvalue weighted by atomic mass is 35.5. The molecule has 0 aliphatic carbocycles. The van der Waals surface area contributed by atoms with Crippen LogP contribution in [0.15, 0.2) is 0 Å². The summed E-state index contributed by atoms with van der Waals surface area (Å²) in [6, 6.07) is 0. The van der Waals surface area contributed by atoms with Crippen LogP contribution in [0.2, 0.25) is 10.3 Å². The van der Waals surface area contributed by atoms with Crippen LogP contribution in [0.4, 0.5) is 0 Å². The average Bonchev–Trinajstić information content (AvgIpc) is 3.40. The smallest absolute Gasteiger partial charge is 0.169 e. The van der Waals surface area contributed by atoms with Crippen molar-refractivity contribution in [2.45, 2.75) is 52.0 Å². The molecular formula is C16H22Cl2N4O2. The number of nitrogens with one attached hydrogen (secondary N) is 2. The van der Waals surface area contributed by atoms with Crippen molar-refractivity contribution >= 4 is 35.7 Å². The molecule has 0 saturated carbocycles. The zero-order valence-corrected chi connectivity index (χ0v) is 13.1. The van der Waals surface area contributed by atoms with Crippen LogP contribution in [-0.2, 0) is 12.8 Å². The van der Waals surface area contributed by atoms with Gasteiger partial charge in [-0.2, -0.15) is 0 Å². The van der Waals surface area contributed by atoms with E-state index >= 15 is 0 Å². The maximum atomic E-state index is 10.9. The Bertz CT molecular complexity index is 1350. The van der Waals surface area contributed by atoms with Gasteiger partial charge >= 0.3 is 0 Å². The molecule has 0 aromatic carbocycles. The Hall–Kier alpha value is -1.66. The largest absolute Gasteiger partial charge is 0.339 e. The number of aromatic nitrogens is 4. The number of H-pyrrole nitrogens is 2. The number of halogens is 2. The van der Waals surface area contributed by atoms with Crippen molar-refractivity contribution in [1.82, 2.24) is 19.9 Å². The van der Waals surface area contributed by atoms with Gasteiger partial charge in [-0.3, -0.25) is 9.59 Å². The fourth-order valence-corrected chi connectivity index (χ4v) is 1.53. The highest BCUT2D eigenvalue weighted by Crippen LogP contribution is 2.12. The van der Waals surface area contributed by atoms with Gasteiger partial charge in [-0.05, 0) is 12.7 Å². The molecule has 2 aromatic heterocycles. The second-order valence-electron chi connectivity index (χ2n) is 3.53. The molecule has 6 nitrogen and oxygen atoms in total. The number of rotatable bonds is 8. The standard InChI is InChI=1S/2C8H11ClN2O/c2*1-2-3-4-7-10-6(5-12)8(9)11-7/h2*5H,2-4H2,1H3,(H,10,11)/i1D3,2D2,3D2,4D2,5D;1D3,2D2,3D2,4D,5D. The first-order valence-electron chi connectivity index (χ1n) is 15.3. The van der Waals surface area contributed by atoms with Gasteiger partial charge in [0.05, 0.1) is 0 Å². The molecule has 2 heterocycles. The molecule has 0 fully saturated rings. The van der Waals surface area contributed by atoms with Gasteiger partial charge in [-0.1, -0.05) is 49.7 Å². The number of aromatic amines is 2. The summed E-state index contributed by atoms with van der Waals surface area (Å²) >= 11 is 11.1. The fourth-order valence-electron chi connectivity index (χ4n) is 1.18. The van der Waals surface area contributed by atoms with Gasteiger partial charge in [-0.25, -0.2) is 9.97 Å². The summed E-state index contributed by atoms with van der Waals surface area (Å²) in [5.74, 6) is -1.42. The molecule has 1 unspecified atom stereocenters. The summed E-state index contributed by atoms with van der Waals surface area (Å²) in [7, 11) is 0. The van der Waals surface area contributed by atoms with Crippen LogP contribution in [0.1, 0.15) is 97.9 Å². The molecule has 0 amide bonds. The van der Waals surface area contributed by atoms with Crippen molar-refractivity contribution in [3.8, 4) is 0 Å². The second kappa shape index (κ2) is 11.0. The van der Waals surface area contributed by atoms with Gasteiger partial charge in [0.2, 0.25) is 0 Å². The summed E-state index contributed by atoms with van der Waals surface area (Å²) in [5.41, 5.74) is -1.08. The Balaban J connectivity index is 0.000000430. The second-order valence-corrected chi connectivity index (χ2v) is 4.25. The Kier molecular flexibility index (Phi) is 2.73. The minimum atomic E-state index is -3.56. The van der Waals surface area contributed by atoms with E-state index in [0.29, 0.717) is 0 Å². The van der Waals surface area contributed by atoms with Crippen LogP contribution < -0.4 is 0 Å². The van der Waals surface area contributed by atoms with Crippen molar-refractivity contribution in [3.05, 3.63) is 33.3 Å². The normalized spacial score (nSPS) is 27.2. The van der Waals surface area contributed by atoms with Gasteiger partial charge in [0, 0.05) is 36.1 Å². The molecule has 0 aliphatic rings. The number of carbonyl (C=O) groups excluding carboxylic acids is 2. The third-order valence-corrected chi connectivity index (χ3v) is 2.61. The third kappa shape index (κ3) is 6.45. The Morgan fingerprint density at radius 1 is 1.04 bits per heavy atom. The first kappa shape index (κ1) is 5.95. The Morgan fingerprint density at radius 3 is 2.12 bits per heavy atom. The van der Waals surface area contributed by atoms with Crippen LogP contribution in [0.25, 0.3) is 0 Å². The van der Waals surface area contributed by atoms with E-state index in [1.165, 1.54) is 0 Å². The zero-order chi connectivity index (χ0) is 34.5. The summed E-state index contributed by atoms with van der Waals surface area (Å²) in [5, 5.41) is -1.06. The first-order chi connectivity index (χ1) is 18.8. The number of imidazole rings is 2. The number of aldehydes is 2. The molecule has 132 valence electrons. The van der Waals surface area contributed by atoms with Gasteiger partial charge in [0.1, 0.15) is 25.8 Å². The van der Waals surface area contributed by atoms with Crippen LogP contribution >= 0.6 is 23.2 Å². The summed E-state index contributed by atoms with van der Waals surface area (Å²) < 4.78 is 140. The van der Waals surface area contributed by atoms with Crippen molar-refractivity contribution in [2.75, 3.05) is 0 Å². The molecule has 24 heavy (non-hydrogen) atoms. The average molecular weight is 392 g/mol. The Morgan fingerprint density at radius 2 is 1.58 bits per heavy atom. The molecular weight excluding hydrogens is 351 g/mol. The number of hydrogen-bond donors (Lipinski definition) is 2. The maximum absolute atomic E-state index is 10.9. The zero-order valence-electron chi connectivity index (χ0n) is 30.5. The SMILES string of the molecule is [2H]C(=O)c1[nH]c(C([2H])([2H])C([2H])([2H])C([2H])([2H])C([2H])([2H])[2H])nc1Cl.[2H]C(=O)c1[nH]c(C([2H])C([2H])([2H])C([2H])([2H])C([2H])([2H])[2H])nc1Cl. The molecule has 0 spiro atoms. The van der Waals surface area contributed by atoms with Crippen LogP contribution in [0, 0.1) is 0 Å². The van der Waals surface area contributed by atoms with Crippen molar-refractivity contribution in [3.63, 3.8) is 0 Å². The molecule has 0 radical (unpaired) electrons. The topological polar surface area (TPSA) is 91.5 Å². The first-order valence-corrected chi connectivity index (χ1v) is 6.51. The minimum Gasteiger partial charge on any atom is -0.339 e. The third-order valence-electron chi connectivity index (χ3n) is 2.07. The molecule has 0 saturated heterocycles. The quantitative estimate of drug-likeness (QED) is 0.650. The molecule has 2 N–H and O–H groups in total. The molecule has 2 aromatic rings. The van der Waals surface area contributed by atoms with E-state index in [1.54, 1.807) is 0 Å². The fraction of sp³-hybridized carbons (Fsp3) is 0.500. The van der Waals surface area contributed by atoms with Gasteiger partial charge < -0.3 is 9.97 Å². The number of carbonyl (C=O) groups is 2. The van der Waals surface area contributed by atoms with E-state index < -0.39 is 97.8 Å². The van der Waals surface area contributed by atoms with E-state index in [4.69, 9.17) is 49.2 Å². The van der Waals surface area contributed by atoms with E-state index in [9.17, 15) is 9.59 Å². The molecule has 0 bridgehead atoms. The van der Waals surface area contributed by atoms with Crippen molar-refractivity contribution in [1.29, 1.82) is 0 Å². The van der Waals surface area contributed by atoms with E-state index in [-0.39, 0.29) is 0 Å². The van der Waals surface area contributed by atoms with Gasteiger partial charge in [0.25, 0.3) is 0 Å². The monoisotopic (exact) mass is 391 g/mol. The lowest BCUT2D eigenvalue weighted by Gasteiger charge is -1.90. The summed E-state index contributed by atoms with van der Waals surface area (Å²) in [6.45, 7) is -6.76. The highest BCUT2D eigenvalue weighted by molar-refractivity contribution is 6.31. The van der Waals surface area contributed by atoms with Crippen LogP contribution in [0.5, 0.6) is 0 Å². The summed E-state index contributed by atoms with van der Waals surface area (Å²) in [4.78, 5) is 32.9. The Labute approximate surface area is 178 Å². The van der Waals surface area contributed by atoms with Crippen molar-refractivity contribution < 1.29 is 35.6 Å². The van der Waals surface area contributed by atoms with Crippen LogP contribution in [-0.4, -0.2) is 32.5 Å². The predicted octanol–water partition coefficient (Wildman–Crippen LogP) is 4.44. The van der Waals surface area contributed by atoms with E-state index in [1.807, 2.05) is 4.98 Å². The number of aryl methyl sites for hydroxylation is 2. The predicted molar refractivity (Wildman–Crippen MR) is 95.2 cm³/mol. The molecule has 2 rings (SSSR count). The lowest BCUT2D eigenvalue weighted by molar-refractivity contribution is 0.111. The molecule has 0 aliphatic heterocycles. The van der Waals surface area contributed by atoms with Crippen LogP contribution in [0.3, 0.4) is 0 Å². The van der Waals surface area contributed by atoms with Crippen molar-refractivity contribution in [2.24, 2.45) is 0 Å².